The van der Waals surface area contributed by atoms with Crippen LogP contribution in [0.5, 0.6) is 0 Å². The summed E-state index contributed by atoms with van der Waals surface area (Å²) < 4.78 is 33.1. The summed E-state index contributed by atoms with van der Waals surface area (Å²) in [6.45, 7) is 3.09. The van der Waals surface area contributed by atoms with E-state index in [1.165, 1.54) is 134 Å². The van der Waals surface area contributed by atoms with Crippen molar-refractivity contribution in [2.24, 2.45) is 0 Å². The number of ether oxygens (including phenoxy) is 2. The van der Waals surface area contributed by atoms with Gasteiger partial charge in [0.25, 0.3) is 0 Å². The second kappa shape index (κ2) is 35.4. The zero-order chi connectivity index (χ0) is 43.6. The van der Waals surface area contributed by atoms with Crippen molar-refractivity contribution in [3.8, 4) is 0 Å². The number of phosphoric ester groups is 1. The number of rotatable bonds is 36. The number of allylic oxidation sites excluding steroid dienone is 6. The number of hydrogen-bond acceptors (Lipinski definition) is 12. The van der Waals surface area contributed by atoms with E-state index in [0.717, 1.165) is 44.6 Å². The molecule has 1 aliphatic rings. The topological polar surface area (TPSA) is 210 Å². The van der Waals surface area contributed by atoms with Crippen LogP contribution in [0.1, 0.15) is 168 Å². The number of unbranched alkanes of at least 4 members (excludes halogenated alkanes) is 22. The van der Waals surface area contributed by atoms with Gasteiger partial charge in [0.15, 0.2) is 6.10 Å². The minimum Gasteiger partial charge on any atom is -0.458 e. The number of hydrogen-bond donors (Lipinski definition) is 6. The molecule has 0 aromatic rings. The Balaban J connectivity index is 2.58. The molecule has 0 aliphatic heterocycles. The van der Waals surface area contributed by atoms with Crippen LogP contribution in [0.15, 0.2) is 48.6 Å². The highest BCUT2D eigenvalue weighted by Gasteiger charge is 2.51. The lowest BCUT2D eigenvalue weighted by Gasteiger charge is -2.41. The van der Waals surface area contributed by atoms with Gasteiger partial charge < -0.3 is 39.9 Å². The standard InChI is InChI=1S/C45H79O13P/c1-3-5-7-9-11-13-15-17-19-21-23-25-27-29-31-33-38(46)55-35-37(36-56-59(53,54)58-45-43(51)41(49)40(48)42(50)44(45)52)57-39(47)34-32-30-28-26-24-22-20-18-16-14-12-10-8-6-4-2/h27-34,37,40-45,48-52H,3-26,35-36H2,1-2H3,(H,53,54)/b29-27+,30-28+,33-31+,34-32+/t37-,40?,41-,42?,43?,44?,45?/m1/s1. The van der Waals surface area contributed by atoms with E-state index in [9.17, 15) is 44.6 Å². The van der Waals surface area contributed by atoms with Gasteiger partial charge in [0.1, 0.15) is 43.2 Å². The van der Waals surface area contributed by atoms with Gasteiger partial charge >= 0.3 is 19.8 Å². The number of aliphatic hydroxyl groups is 5. The summed E-state index contributed by atoms with van der Waals surface area (Å²) in [6.07, 6.45) is 28.7. The van der Waals surface area contributed by atoms with Gasteiger partial charge in [-0.05, 0) is 25.7 Å². The maximum Gasteiger partial charge on any atom is 0.472 e. The van der Waals surface area contributed by atoms with Crippen LogP contribution >= 0.6 is 7.82 Å². The molecule has 59 heavy (non-hydrogen) atoms. The lowest BCUT2D eigenvalue weighted by Crippen LogP contribution is -2.64. The molecule has 14 heteroatoms. The van der Waals surface area contributed by atoms with Gasteiger partial charge in [-0.3, -0.25) is 9.05 Å². The third-order valence-electron chi connectivity index (χ3n) is 10.4. The molecule has 1 fully saturated rings. The zero-order valence-electron chi connectivity index (χ0n) is 36.0. The smallest absolute Gasteiger partial charge is 0.458 e. The molecule has 6 N–H and O–H groups in total. The van der Waals surface area contributed by atoms with E-state index in [0.29, 0.717) is 0 Å². The molecule has 1 rings (SSSR count). The van der Waals surface area contributed by atoms with E-state index >= 15 is 0 Å². The van der Waals surface area contributed by atoms with E-state index in [2.05, 4.69) is 13.8 Å². The molecule has 0 heterocycles. The summed E-state index contributed by atoms with van der Waals surface area (Å²) in [5.41, 5.74) is 0. The Morgan fingerprint density at radius 1 is 0.525 bits per heavy atom. The van der Waals surface area contributed by atoms with Crippen LogP contribution in [0.2, 0.25) is 0 Å². The third-order valence-corrected chi connectivity index (χ3v) is 11.3. The SMILES string of the molecule is CCCCCCCCCCCCC/C=C/C=C/C(=O)OC[C@H](COP(=O)(O)OC1C(O)C(O)C(O)[C@@H](O)C1O)OC(=O)/C=C/C=C/CCCCCCCCCCCCC. The quantitative estimate of drug-likeness (QED) is 0.0115. The monoisotopic (exact) mass is 859 g/mol. The molecule has 0 amide bonds. The van der Waals surface area contributed by atoms with Crippen LogP contribution in [0, 0.1) is 0 Å². The number of carbonyl (C=O) groups excluding carboxylic acids is 2. The molecule has 0 radical (unpaired) electrons. The summed E-state index contributed by atoms with van der Waals surface area (Å²) in [6, 6.07) is 0. The van der Waals surface area contributed by atoms with E-state index < -0.39 is 75.7 Å². The molecule has 1 aliphatic carbocycles. The largest absolute Gasteiger partial charge is 0.472 e. The van der Waals surface area contributed by atoms with Gasteiger partial charge in [0.05, 0.1) is 6.61 Å². The molecule has 6 unspecified atom stereocenters. The van der Waals surface area contributed by atoms with E-state index in [-0.39, 0.29) is 0 Å². The van der Waals surface area contributed by atoms with Gasteiger partial charge in [-0.25, -0.2) is 14.2 Å². The van der Waals surface area contributed by atoms with Crippen molar-refractivity contribution in [3.63, 3.8) is 0 Å². The lowest BCUT2D eigenvalue weighted by molar-refractivity contribution is -0.220. The maximum atomic E-state index is 12.8. The second-order valence-electron chi connectivity index (χ2n) is 15.7. The molecule has 342 valence electrons. The van der Waals surface area contributed by atoms with Gasteiger partial charge in [0, 0.05) is 12.2 Å². The molecule has 0 spiro atoms. The minimum atomic E-state index is -5.16. The van der Waals surface area contributed by atoms with Crippen LogP contribution in [-0.2, 0) is 32.7 Å². The first-order chi connectivity index (χ1) is 28.4. The van der Waals surface area contributed by atoms with Crippen LogP contribution < -0.4 is 0 Å². The highest BCUT2D eigenvalue weighted by atomic mass is 31.2. The van der Waals surface area contributed by atoms with Crippen molar-refractivity contribution in [3.05, 3.63) is 48.6 Å². The number of aliphatic hydroxyl groups excluding tert-OH is 5. The average molecular weight is 859 g/mol. The number of carbonyl (C=O) groups is 2. The van der Waals surface area contributed by atoms with E-state index in [1.54, 1.807) is 12.2 Å². The van der Waals surface area contributed by atoms with Crippen LogP contribution in [-0.4, -0.2) is 98.3 Å². The number of phosphoric acid groups is 1. The summed E-state index contributed by atoms with van der Waals surface area (Å²) in [4.78, 5) is 35.4. The first kappa shape index (κ1) is 54.8. The molecule has 0 aromatic carbocycles. The highest BCUT2D eigenvalue weighted by Crippen LogP contribution is 2.47. The molecular formula is C45H79O13P. The molecule has 8 atom stereocenters. The van der Waals surface area contributed by atoms with Crippen LogP contribution in [0.25, 0.3) is 0 Å². The summed E-state index contributed by atoms with van der Waals surface area (Å²) in [7, 11) is -5.16. The molecular weight excluding hydrogens is 779 g/mol. The zero-order valence-corrected chi connectivity index (χ0v) is 36.9. The molecule has 1 saturated carbocycles. The average Bonchev–Trinajstić information content (AvgIpc) is 3.21. The Morgan fingerprint density at radius 3 is 1.32 bits per heavy atom. The second-order valence-corrected chi connectivity index (χ2v) is 17.1. The van der Waals surface area contributed by atoms with Crippen molar-refractivity contribution in [1.82, 2.24) is 0 Å². The van der Waals surface area contributed by atoms with Crippen molar-refractivity contribution < 1.29 is 63.1 Å². The Morgan fingerprint density at radius 2 is 0.898 bits per heavy atom. The summed E-state index contributed by atoms with van der Waals surface area (Å²) in [5.74, 6) is -1.60. The minimum absolute atomic E-state index is 0.557. The third kappa shape index (κ3) is 28.1. The Hall–Kier alpha value is -2.19. The lowest BCUT2D eigenvalue weighted by atomic mass is 9.85. The van der Waals surface area contributed by atoms with Crippen molar-refractivity contribution >= 4 is 19.8 Å². The van der Waals surface area contributed by atoms with Gasteiger partial charge in [-0.1, -0.05) is 179 Å². The first-order valence-electron chi connectivity index (χ1n) is 22.5. The van der Waals surface area contributed by atoms with Gasteiger partial charge in [-0.15, -0.1) is 0 Å². The molecule has 0 bridgehead atoms. The maximum absolute atomic E-state index is 12.8. The summed E-state index contributed by atoms with van der Waals surface area (Å²) in [5, 5.41) is 50.0. The predicted octanol–water partition coefficient (Wildman–Crippen LogP) is 8.39. The van der Waals surface area contributed by atoms with Crippen LogP contribution in [0.3, 0.4) is 0 Å². The number of esters is 2. The molecule has 0 aromatic heterocycles. The van der Waals surface area contributed by atoms with Crippen molar-refractivity contribution in [2.75, 3.05) is 13.2 Å². The van der Waals surface area contributed by atoms with Crippen molar-refractivity contribution in [1.29, 1.82) is 0 Å². The normalized spacial score (nSPS) is 22.8. The Bertz CT molecular complexity index is 1220. The predicted molar refractivity (Wildman–Crippen MR) is 230 cm³/mol. The fourth-order valence-corrected chi connectivity index (χ4v) is 7.67. The molecule has 13 nitrogen and oxygen atoms in total. The Kier molecular flexibility index (Phi) is 32.9. The van der Waals surface area contributed by atoms with Crippen LogP contribution in [0.4, 0.5) is 0 Å². The fraction of sp³-hybridized carbons (Fsp3) is 0.778. The van der Waals surface area contributed by atoms with Gasteiger partial charge in [-0.2, -0.15) is 0 Å². The first-order valence-corrected chi connectivity index (χ1v) is 24.0. The van der Waals surface area contributed by atoms with Gasteiger partial charge in [0.2, 0.25) is 0 Å². The molecule has 0 saturated heterocycles. The van der Waals surface area contributed by atoms with E-state index in [1.807, 2.05) is 12.2 Å². The Labute approximate surface area is 354 Å². The fourth-order valence-electron chi connectivity index (χ4n) is 6.70. The summed E-state index contributed by atoms with van der Waals surface area (Å²) >= 11 is 0. The van der Waals surface area contributed by atoms with Crippen molar-refractivity contribution in [2.45, 2.75) is 211 Å². The van der Waals surface area contributed by atoms with E-state index in [4.69, 9.17) is 18.5 Å². The highest BCUT2D eigenvalue weighted by molar-refractivity contribution is 7.47.